The fraction of sp³-hybridized carbons (Fsp3) is 0.571. The molecule has 2 N–H and O–H groups in total. The van der Waals surface area contributed by atoms with Crippen molar-refractivity contribution >= 4 is 15.7 Å². The Kier molecular flexibility index (Phi) is 4.07. The number of benzene rings is 1. The molecule has 1 fully saturated rings. The Morgan fingerprint density at radius 3 is 2.60 bits per heavy atom. The van der Waals surface area contributed by atoms with Crippen molar-refractivity contribution < 1.29 is 12.8 Å². The summed E-state index contributed by atoms with van der Waals surface area (Å²) < 4.78 is 40.3. The van der Waals surface area contributed by atoms with Crippen LogP contribution in [0.5, 0.6) is 0 Å². The van der Waals surface area contributed by atoms with Crippen molar-refractivity contribution in [2.45, 2.75) is 38.0 Å². The molecule has 0 aromatic heterocycles. The van der Waals surface area contributed by atoms with Gasteiger partial charge in [0.05, 0.1) is 0 Å². The normalized spacial score (nSPS) is 20.6. The SMILES string of the molecule is CC1(C)CCCN(S(=O)(=O)c2ccc(N)cc2F)CC1. The van der Waals surface area contributed by atoms with E-state index in [0.717, 1.165) is 25.3 Å². The van der Waals surface area contributed by atoms with Crippen LogP contribution in [0.25, 0.3) is 0 Å². The molecule has 0 spiro atoms. The minimum Gasteiger partial charge on any atom is -0.399 e. The number of nitrogens with zero attached hydrogens (tertiary/aromatic N) is 1. The van der Waals surface area contributed by atoms with Crippen LogP contribution in [0, 0.1) is 11.2 Å². The fourth-order valence-corrected chi connectivity index (χ4v) is 4.03. The van der Waals surface area contributed by atoms with Gasteiger partial charge in [-0.05, 0) is 42.9 Å². The summed E-state index contributed by atoms with van der Waals surface area (Å²) in [5, 5.41) is 0. The standard InChI is InChI=1S/C14H21FN2O2S/c1-14(2)6-3-8-17(9-7-14)20(18,19)13-5-4-11(16)10-12(13)15/h4-5,10H,3,6-9,16H2,1-2H3. The molecule has 6 heteroatoms. The topological polar surface area (TPSA) is 63.4 Å². The molecule has 1 aliphatic rings. The Morgan fingerprint density at radius 2 is 1.95 bits per heavy atom. The van der Waals surface area contributed by atoms with E-state index >= 15 is 0 Å². The van der Waals surface area contributed by atoms with E-state index in [0.29, 0.717) is 13.1 Å². The van der Waals surface area contributed by atoms with Crippen molar-refractivity contribution in [2.24, 2.45) is 5.41 Å². The number of halogens is 1. The fourth-order valence-electron chi connectivity index (χ4n) is 2.50. The van der Waals surface area contributed by atoms with E-state index in [1.54, 1.807) is 0 Å². The minimum atomic E-state index is -3.78. The maximum Gasteiger partial charge on any atom is 0.245 e. The van der Waals surface area contributed by atoms with Gasteiger partial charge in [-0.15, -0.1) is 0 Å². The van der Waals surface area contributed by atoms with E-state index in [9.17, 15) is 12.8 Å². The van der Waals surface area contributed by atoms with Gasteiger partial charge in [-0.3, -0.25) is 0 Å². The molecular weight excluding hydrogens is 279 g/mol. The second kappa shape index (κ2) is 5.33. The number of hydrogen-bond donors (Lipinski definition) is 1. The highest BCUT2D eigenvalue weighted by Crippen LogP contribution is 2.32. The Labute approximate surface area is 119 Å². The van der Waals surface area contributed by atoms with Gasteiger partial charge in [0.15, 0.2) is 0 Å². The predicted octanol–water partition coefficient (Wildman–Crippen LogP) is 2.61. The molecule has 0 amide bonds. The molecule has 4 nitrogen and oxygen atoms in total. The van der Waals surface area contributed by atoms with Gasteiger partial charge in [-0.1, -0.05) is 13.8 Å². The van der Waals surface area contributed by atoms with Crippen molar-refractivity contribution in [1.82, 2.24) is 4.31 Å². The van der Waals surface area contributed by atoms with Crippen molar-refractivity contribution in [3.05, 3.63) is 24.0 Å². The van der Waals surface area contributed by atoms with Gasteiger partial charge in [-0.2, -0.15) is 4.31 Å². The van der Waals surface area contributed by atoms with Crippen LogP contribution in [-0.4, -0.2) is 25.8 Å². The molecule has 0 bridgehead atoms. The number of sulfonamides is 1. The van der Waals surface area contributed by atoms with Gasteiger partial charge < -0.3 is 5.73 Å². The first kappa shape index (κ1) is 15.3. The summed E-state index contributed by atoms with van der Waals surface area (Å²) in [6, 6.07) is 3.71. The zero-order valence-corrected chi connectivity index (χ0v) is 12.7. The first-order valence-corrected chi connectivity index (χ1v) is 8.22. The van der Waals surface area contributed by atoms with Gasteiger partial charge in [0.1, 0.15) is 10.7 Å². The molecule has 1 heterocycles. The van der Waals surface area contributed by atoms with Crippen LogP contribution in [0.2, 0.25) is 0 Å². The molecule has 1 aromatic carbocycles. The Balaban J connectivity index is 2.30. The molecule has 1 aromatic rings. The van der Waals surface area contributed by atoms with Gasteiger partial charge in [0.25, 0.3) is 0 Å². The van der Waals surface area contributed by atoms with Crippen LogP contribution in [0.15, 0.2) is 23.1 Å². The van der Waals surface area contributed by atoms with Crippen LogP contribution < -0.4 is 5.73 Å². The monoisotopic (exact) mass is 300 g/mol. The van der Waals surface area contributed by atoms with Crippen LogP contribution in [0.3, 0.4) is 0 Å². The van der Waals surface area contributed by atoms with Crippen LogP contribution in [0.1, 0.15) is 33.1 Å². The maximum absolute atomic E-state index is 13.9. The van der Waals surface area contributed by atoms with Crippen LogP contribution >= 0.6 is 0 Å². The predicted molar refractivity (Wildman–Crippen MR) is 77.2 cm³/mol. The number of anilines is 1. The lowest BCUT2D eigenvalue weighted by molar-refractivity contribution is 0.314. The third kappa shape index (κ3) is 3.12. The highest BCUT2D eigenvalue weighted by molar-refractivity contribution is 7.89. The summed E-state index contributed by atoms with van der Waals surface area (Å²) in [4.78, 5) is -0.286. The molecule has 0 aliphatic carbocycles. The molecule has 0 saturated carbocycles. The van der Waals surface area contributed by atoms with E-state index in [-0.39, 0.29) is 16.0 Å². The first-order valence-electron chi connectivity index (χ1n) is 6.78. The molecule has 1 aliphatic heterocycles. The lowest BCUT2D eigenvalue weighted by Crippen LogP contribution is -2.33. The molecule has 1 saturated heterocycles. The summed E-state index contributed by atoms with van der Waals surface area (Å²) in [5.41, 5.74) is 5.81. The quantitative estimate of drug-likeness (QED) is 0.854. The van der Waals surface area contributed by atoms with Crippen molar-refractivity contribution in [3.8, 4) is 0 Å². The second-order valence-corrected chi connectivity index (χ2v) is 8.02. The van der Waals surface area contributed by atoms with E-state index in [1.807, 2.05) is 0 Å². The van der Waals surface area contributed by atoms with Gasteiger partial charge in [0.2, 0.25) is 10.0 Å². The van der Waals surface area contributed by atoms with Crippen LogP contribution in [-0.2, 0) is 10.0 Å². The molecule has 2 rings (SSSR count). The van der Waals surface area contributed by atoms with Crippen LogP contribution in [0.4, 0.5) is 10.1 Å². The van der Waals surface area contributed by atoms with Gasteiger partial charge >= 0.3 is 0 Å². The molecule has 20 heavy (non-hydrogen) atoms. The average Bonchev–Trinajstić information content (AvgIpc) is 2.50. The lowest BCUT2D eigenvalue weighted by atomic mass is 9.85. The summed E-state index contributed by atoms with van der Waals surface area (Å²) in [5.74, 6) is -0.784. The molecule has 0 atom stereocenters. The Bertz CT molecular complexity index is 599. The van der Waals surface area contributed by atoms with E-state index < -0.39 is 15.8 Å². The van der Waals surface area contributed by atoms with Gasteiger partial charge in [-0.25, -0.2) is 12.8 Å². The smallest absolute Gasteiger partial charge is 0.245 e. The second-order valence-electron chi connectivity index (χ2n) is 6.11. The summed E-state index contributed by atoms with van der Waals surface area (Å²) in [7, 11) is -3.78. The summed E-state index contributed by atoms with van der Waals surface area (Å²) in [6.45, 7) is 5.13. The Hall–Kier alpha value is -1.14. The highest BCUT2D eigenvalue weighted by atomic mass is 32.2. The minimum absolute atomic E-state index is 0.129. The summed E-state index contributed by atoms with van der Waals surface area (Å²) in [6.07, 6.45) is 2.55. The van der Waals surface area contributed by atoms with Gasteiger partial charge in [0, 0.05) is 18.8 Å². The van der Waals surface area contributed by atoms with Crippen molar-refractivity contribution in [2.75, 3.05) is 18.8 Å². The molecule has 112 valence electrons. The van der Waals surface area contributed by atoms with Crippen molar-refractivity contribution in [3.63, 3.8) is 0 Å². The zero-order valence-electron chi connectivity index (χ0n) is 11.9. The molecular formula is C14H21FN2O2S. The summed E-state index contributed by atoms with van der Waals surface area (Å²) >= 11 is 0. The molecule has 0 unspecified atom stereocenters. The largest absolute Gasteiger partial charge is 0.399 e. The zero-order chi connectivity index (χ0) is 15.0. The third-order valence-corrected chi connectivity index (χ3v) is 5.80. The average molecular weight is 300 g/mol. The van der Waals surface area contributed by atoms with E-state index in [4.69, 9.17) is 5.73 Å². The van der Waals surface area contributed by atoms with Crippen molar-refractivity contribution in [1.29, 1.82) is 0 Å². The van der Waals surface area contributed by atoms with E-state index in [2.05, 4.69) is 13.8 Å². The number of rotatable bonds is 2. The number of nitrogens with two attached hydrogens (primary N) is 1. The lowest BCUT2D eigenvalue weighted by Gasteiger charge is -2.23. The number of nitrogen functional groups attached to an aromatic ring is 1. The third-order valence-electron chi connectivity index (χ3n) is 3.87. The highest BCUT2D eigenvalue weighted by Gasteiger charge is 2.31. The first-order chi connectivity index (χ1) is 9.22. The number of hydrogen-bond acceptors (Lipinski definition) is 3. The Morgan fingerprint density at radius 1 is 1.25 bits per heavy atom. The maximum atomic E-state index is 13.9. The van der Waals surface area contributed by atoms with E-state index in [1.165, 1.54) is 16.4 Å². The molecule has 0 radical (unpaired) electrons.